The van der Waals surface area contributed by atoms with Gasteiger partial charge in [-0.3, -0.25) is 0 Å². The molecular formula is C10H18N2O4S. The summed E-state index contributed by atoms with van der Waals surface area (Å²) in [5, 5.41) is 9.36. The Bertz CT molecular complexity index is 441. The molecule has 0 saturated carbocycles. The van der Waals surface area contributed by atoms with Gasteiger partial charge in [-0.2, -0.15) is 0 Å². The summed E-state index contributed by atoms with van der Waals surface area (Å²) in [5.74, 6) is 0. The minimum absolute atomic E-state index is 0.182. The lowest BCUT2D eigenvalue weighted by Crippen LogP contribution is -2.28. The second kappa shape index (κ2) is 6.15. The largest absolute Gasteiger partial charge is 0.391 e. The van der Waals surface area contributed by atoms with Gasteiger partial charge in [-0.25, -0.2) is 13.1 Å². The van der Waals surface area contributed by atoms with Gasteiger partial charge >= 0.3 is 0 Å². The van der Waals surface area contributed by atoms with Crippen molar-refractivity contribution >= 4 is 10.0 Å². The summed E-state index contributed by atoms with van der Waals surface area (Å²) < 4.78 is 32.3. The fourth-order valence-corrected chi connectivity index (χ4v) is 2.45. The Morgan fingerprint density at radius 3 is 2.82 bits per heavy atom. The number of sulfonamides is 1. The summed E-state index contributed by atoms with van der Waals surface area (Å²) in [6.45, 7) is 0.384. The third kappa shape index (κ3) is 4.47. The van der Waals surface area contributed by atoms with Crippen molar-refractivity contribution in [2.75, 3.05) is 20.3 Å². The zero-order valence-corrected chi connectivity index (χ0v) is 10.8. The van der Waals surface area contributed by atoms with Crippen LogP contribution >= 0.6 is 0 Å². The van der Waals surface area contributed by atoms with Gasteiger partial charge < -0.3 is 14.4 Å². The molecule has 1 aromatic heterocycles. The maximum Gasteiger partial charge on any atom is 0.242 e. The molecule has 1 atom stereocenters. The quantitative estimate of drug-likeness (QED) is 0.707. The number of aryl methyl sites for hydroxylation is 1. The van der Waals surface area contributed by atoms with E-state index >= 15 is 0 Å². The van der Waals surface area contributed by atoms with E-state index in [0.717, 1.165) is 0 Å². The van der Waals surface area contributed by atoms with Crippen molar-refractivity contribution in [3.05, 3.63) is 18.5 Å². The number of rotatable bonds is 7. The third-order valence-corrected chi connectivity index (χ3v) is 3.69. The Morgan fingerprint density at radius 1 is 1.59 bits per heavy atom. The van der Waals surface area contributed by atoms with Crippen molar-refractivity contribution in [3.8, 4) is 0 Å². The Kier molecular flexibility index (Phi) is 5.13. The molecule has 98 valence electrons. The lowest BCUT2D eigenvalue weighted by atomic mass is 10.3. The van der Waals surface area contributed by atoms with Crippen LogP contribution in [0.2, 0.25) is 0 Å². The van der Waals surface area contributed by atoms with Gasteiger partial charge in [0.15, 0.2) is 0 Å². The minimum Gasteiger partial charge on any atom is -0.391 e. The van der Waals surface area contributed by atoms with Gasteiger partial charge in [-0.15, -0.1) is 0 Å². The van der Waals surface area contributed by atoms with Crippen LogP contribution in [0.4, 0.5) is 0 Å². The highest BCUT2D eigenvalue weighted by atomic mass is 32.2. The van der Waals surface area contributed by atoms with E-state index in [1.165, 1.54) is 19.4 Å². The van der Waals surface area contributed by atoms with Crippen LogP contribution in [0.5, 0.6) is 0 Å². The topological polar surface area (TPSA) is 80.6 Å². The van der Waals surface area contributed by atoms with Gasteiger partial charge in [0.2, 0.25) is 10.0 Å². The van der Waals surface area contributed by atoms with Crippen molar-refractivity contribution in [1.29, 1.82) is 0 Å². The Balaban J connectivity index is 2.46. The molecule has 0 fully saturated rings. The number of methoxy groups -OCH3 is 1. The maximum absolute atomic E-state index is 11.7. The first-order valence-corrected chi connectivity index (χ1v) is 6.72. The molecule has 1 unspecified atom stereocenters. The molecule has 2 N–H and O–H groups in total. The molecule has 0 bridgehead atoms. The molecule has 6 nitrogen and oxygen atoms in total. The second-order valence-corrected chi connectivity index (χ2v) is 5.58. The van der Waals surface area contributed by atoms with E-state index in [2.05, 4.69) is 4.72 Å². The number of hydrogen-bond acceptors (Lipinski definition) is 4. The monoisotopic (exact) mass is 262 g/mol. The molecule has 1 heterocycles. The SMILES string of the molecule is COCC(O)CCNS(=O)(=O)c1ccn(C)c1. The number of ether oxygens (including phenoxy) is 1. The van der Waals surface area contributed by atoms with Crippen molar-refractivity contribution in [1.82, 2.24) is 9.29 Å². The summed E-state index contributed by atoms with van der Waals surface area (Å²) >= 11 is 0. The molecule has 0 aliphatic rings. The highest BCUT2D eigenvalue weighted by molar-refractivity contribution is 7.89. The molecule has 0 aromatic carbocycles. The van der Waals surface area contributed by atoms with Crippen LogP contribution in [0, 0.1) is 0 Å². The van der Waals surface area contributed by atoms with Crippen LogP contribution in [0.25, 0.3) is 0 Å². The van der Waals surface area contributed by atoms with Crippen LogP contribution in [-0.2, 0) is 21.8 Å². The lowest BCUT2D eigenvalue weighted by molar-refractivity contribution is 0.0603. The van der Waals surface area contributed by atoms with Gasteiger partial charge in [-0.05, 0) is 12.5 Å². The number of aliphatic hydroxyl groups is 1. The predicted octanol–water partition coefficient (Wildman–Crippen LogP) is -0.299. The first-order chi connectivity index (χ1) is 7.95. The Labute approximate surface area is 101 Å². The summed E-state index contributed by atoms with van der Waals surface area (Å²) in [7, 11) is -0.238. The second-order valence-electron chi connectivity index (χ2n) is 3.81. The first-order valence-electron chi connectivity index (χ1n) is 5.24. The molecule has 0 spiro atoms. The van der Waals surface area contributed by atoms with E-state index in [0.29, 0.717) is 6.42 Å². The van der Waals surface area contributed by atoms with Crippen LogP contribution in [0.1, 0.15) is 6.42 Å². The molecule has 17 heavy (non-hydrogen) atoms. The maximum atomic E-state index is 11.7. The average molecular weight is 262 g/mol. The highest BCUT2D eigenvalue weighted by Gasteiger charge is 2.15. The van der Waals surface area contributed by atoms with E-state index in [-0.39, 0.29) is 18.0 Å². The van der Waals surface area contributed by atoms with E-state index in [9.17, 15) is 13.5 Å². The zero-order valence-electron chi connectivity index (χ0n) is 9.96. The smallest absolute Gasteiger partial charge is 0.242 e. The van der Waals surface area contributed by atoms with Gasteiger partial charge in [0.05, 0.1) is 17.6 Å². The van der Waals surface area contributed by atoms with Crippen LogP contribution in [-0.4, -0.2) is 44.5 Å². The molecule has 0 radical (unpaired) electrons. The molecule has 0 saturated heterocycles. The number of hydrogen-bond donors (Lipinski definition) is 2. The minimum atomic E-state index is -3.47. The molecule has 1 aromatic rings. The Hall–Kier alpha value is -0.890. The van der Waals surface area contributed by atoms with Crippen molar-refractivity contribution in [2.24, 2.45) is 7.05 Å². The van der Waals surface area contributed by atoms with Crippen molar-refractivity contribution in [3.63, 3.8) is 0 Å². The number of aromatic nitrogens is 1. The molecule has 7 heteroatoms. The molecular weight excluding hydrogens is 244 g/mol. The number of nitrogens with one attached hydrogen (secondary N) is 1. The van der Waals surface area contributed by atoms with Gasteiger partial charge in [0.25, 0.3) is 0 Å². The van der Waals surface area contributed by atoms with E-state index in [4.69, 9.17) is 4.74 Å². The van der Waals surface area contributed by atoms with Crippen molar-refractivity contribution < 1.29 is 18.3 Å². The molecule has 0 aliphatic carbocycles. The van der Waals surface area contributed by atoms with Crippen LogP contribution < -0.4 is 4.72 Å². The normalized spacial score (nSPS) is 13.8. The van der Waals surface area contributed by atoms with E-state index in [1.54, 1.807) is 17.8 Å². The highest BCUT2D eigenvalue weighted by Crippen LogP contribution is 2.08. The van der Waals surface area contributed by atoms with E-state index in [1.807, 2.05) is 0 Å². The molecule has 0 amide bonds. The fraction of sp³-hybridized carbons (Fsp3) is 0.600. The summed E-state index contributed by atoms with van der Waals surface area (Å²) in [6.07, 6.45) is 2.85. The molecule has 0 aliphatic heterocycles. The van der Waals surface area contributed by atoms with Gasteiger partial charge in [0.1, 0.15) is 0 Å². The summed E-state index contributed by atoms with van der Waals surface area (Å²) in [4.78, 5) is 0.223. The van der Waals surface area contributed by atoms with Gasteiger partial charge in [-0.1, -0.05) is 0 Å². The first kappa shape index (κ1) is 14.2. The van der Waals surface area contributed by atoms with Crippen LogP contribution in [0.15, 0.2) is 23.4 Å². The standard InChI is InChI=1S/C10H18N2O4S/c1-12-6-4-10(7-12)17(14,15)11-5-3-9(13)8-16-2/h4,6-7,9,11,13H,3,5,8H2,1-2H3. The summed E-state index contributed by atoms with van der Waals surface area (Å²) in [5.41, 5.74) is 0. The van der Waals surface area contributed by atoms with Gasteiger partial charge in [0, 0.05) is 33.1 Å². The Morgan fingerprint density at radius 2 is 2.29 bits per heavy atom. The zero-order chi connectivity index (χ0) is 12.9. The number of nitrogens with zero attached hydrogens (tertiary/aromatic N) is 1. The predicted molar refractivity (Wildman–Crippen MR) is 63.1 cm³/mol. The number of aliphatic hydroxyl groups excluding tert-OH is 1. The lowest BCUT2D eigenvalue weighted by Gasteiger charge is -2.09. The van der Waals surface area contributed by atoms with Crippen molar-refractivity contribution in [2.45, 2.75) is 17.4 Å². The van der Waals surface area contributed by atoms with Crippen LogP contribution in [0.3, 0.4) is 0 Å². The third-order valence-electron chi connectivity index (χ3n) is 2.24. The fourth-order valence-electron chi connectivity index (χ4n) is 1.36. The average Bonchev–Trinajstić information content (AvgIpc) is 2.65. The molecule has 1 rings (SSSR count). The van der Waals surface area contributed by atoms with E-state index < -0.39 is 16.1 Å². The summed E-state index contributed by atoms with van der Waals surface area (Å²) in [6, 6.07) is 1.52.